The Morgan fingerprint density at radius 3 is 2.60 bits per heavy atom. The van der Waals surface area contributed by atoms with Crippen LogP contribution in [0.4, 0.5) is 5.82 Å². The van der Waals surface area contributed by atoms with Gasteiger partial charge in [-0.25, -0.2) is 9.97 Å². The number of anilines is 1. The molecule has 1 aliphatic heterocycles. The highest BCUT2D eigenvalue weighted by Crippen LogP contribution is 2.20. The van der Waals surface area contributed by atoms with Crippen molar-refractivity contribution < 1.29 is 14.6 Å². The second-order valence-electron chi connectivity index (χ2n) is 7.08. The summed E-state index contributed by atoms with van der Waals surface area (Å²) in [6, 6.07) is 16.3. The molecule has 3 aromatic rings. The van der Waals surface area contributed by atoms with Gasteiger partial charge in [0.05, 0.1) is 18.9 Å². The number of carbonyl (C=O) groups is 1. The van der Waals surface area contributed by atoms with Crippen LogP contribution in [0.2, 0.25) is 0 Å². The summed E-state index contributed by atoms with van der Waals surface area (Å²) >= 11 is 0. The van der Waals surface area contributed by atoms with Gasteiger partial charge in [0, 0.05) is 31.4 Å². The van der Waals surface area contributed by atoms with Crippen LogP contribution in [0.1, 0.15) is 16.1 Å². The van der Waals surface area contributed by atoms with E-state index in [9.17, 15) is 9.90 Å². The molecule has 0 unspecified atom stereocenters. The van der Waals surface area contributed by atoms with Crippen LogP contribution in [0.25, 0.3) is 11.3 Å². The molecular weight excluding hydrogens is 380 g/mol. The first kappa shape index (κ1) is 19.8. The summed E-state index contributed by atoms with van der Waals surface area (Å²) in [7, 11) is 0. The largest absolute Gasteiger partial charge is 0.508 e. The van der Waals surface area contributed by atoms with Crippen LogP contribution in [0.5, 0.6) is 5.75 Å². The van der Waals surface area contributed by atoms with Crippen molar-refractivity contribution in [2.45, 2.75) is 6.42 Å². The van der Waals surface area contributed by atoms with E-state index < -0.39 is 0 Å². The minimum atomic E-state index is -0.214. The van der Waals surface area contributed by atoms with Crippen LogP contribution < -0.4 is 10.2 Å². The number of morpholine rings is 1. The quantitative estimate of drug-likeness (QED) is 0.657. The third-order valence-electron chi connectivity index (χ3n) is 5.00. The Hall–Kier alpha value is -3.45. The van der Waals surface area contributed by atoms with E-state index in [0.29, 0.717) is 24.4 Å². The van der Waals surface area contributed by atoms with Crippen molar-refractivity contribution >= 4 is 11.7 Å². The molecule has 2 N–H and O–H groups in total. The van der Waals surface area contributed by atoms with E-state index in [2.05, 4.69) is 20.2 Å². The molecule has 7 heteroatoms. The number of hydrogen-bond donors (Lipinski definition) is 2. The van der Waals surface area contributed by atoms with E-state index in [1.807, 2.05) is 36.4 Å². The number of phenols is 1. The second-order valence-corrected chi connectivity index (χ2v) is 7.08. The monoisotopic (exact) mass is 404 g/mol. The highest BCUT2D eigenvalue weighted by molar-refractivity contribution is 5.92. The number of hydrogen-bond acceptors (Lipinski definition) is 6. The van der Waals surface area contributed by atoms with Crippen molar-refractivity contribution in [2.75, 3.05) is 37.7 Å². The maximum absolute atomic E-state index is 12.5. The summed E-state index contributed by atoms with van der Waals surface area (Å²) in [6.07, 6.45) is 2.47. The number of nitrogens with one attached hydrogen (secondary N) is 1. The summed E-state index contributed by atoms with van der Waals surface area (Å²) in [5, 5.41) is 12.2. The zero-order chi connectivity index (χ0) is 20.8. The van der Waals surface area contributed by atoms with E-state index in [0.717, 1.165) is 43.2 Å². The van der Waals surface area contributed by atoms with Gasteiger partial charge in [0.2, 0.25) is 0 Å². The van der Waals surface area contributed by atoms with Gasteiger partial charge in [-0.1, -0.05) is 18.2 Å². The lowest BCUT2D eigenvalue weighted by molar-refractivity contribution is 0.0949. The number of amides is 1. The minimum absolute atomic E-state index is 0.214. The third-order valence-corrected chi connectivity index (χ3v) is 5.00. The van der Waals surface area contributed by atoms with Gasteiger partial charge in [-0.15, -0.1) is 0 Å². The first-order chi connectivity index (χ1) is 14.7. The SMILES string of the molecule is O=C(NCCc1ccc(O)cc1)c1cccc(-c2ccc(N3CCOCC3)nc2)n1. The van der Waals surface area contributed by atoms with Crippen molar-refractivity contribution in [3.05, 3.63) is 72.1 Å². The number of nitrogens with zero attached hydrogens (tertiary/aromatic N) is 3. The minimum Gasteiger partial charge on any atom is -0.508 e. The predicted octanol–water partition coefficient (Wildman–Crippen LogP) is 2.66. The Bertz CT molecular complexity index is 984. The lowest BCUT2D eigenvalue weighted by Crippen LogP contribution is -2.36. The molecule has 4 rings (SSSR count). The number of rotatable bonds is 6. The van der Waals surface area contributed by atoms with Crippen molar-refractivity contribution in [3.63, 3.8) is 0 Å². The number of pyridine rings is 2. The van der Waals surface area contributed by atoms with Crippen LogP contribution >= 0.6 is 0 Å². The van der Waals surface area contributed by atoms with Gasteiger partial charge in [0.25, 0.3) is 5.91 Å². The second kappa shape index (κ2) is 9.37. The fraction of sp³-hybridized carbons (Fsp3) is 0.261. The van der Waals surface area contributed by atoms with Crippen molar-refractivity contribution in [3.8, 4) is 17.0 Å². The van der Waals surface area contributed by atoms with Gasteiger partial charge in [0.15, 0.2) is 0 Å². The fourth-order valence-electron chi connectivity index (χ4n) is 3.31. The Labute approximate surface area is 175 Å². The molecule has 1 amide bonds. The molecule has 0 bridgehead atoms. The zero-order valence-electron chi connectivity index (χ0n) is 16.6. The topological polar surface area (TPSA) is 87.6 Å². The Balaban J connectivity index is 1.38. The molecule has 1 aromatic carbocycles. The Kier molecular flexibility index (Phi) is 6.20. The van der Waals surface area contributed by atoms with Gasteiger partial charge < -0.3 is 20.1 Å². The predicted molar refractivity (Wildman–Crippen MR) is 115 cm³/mol. The van der Waals surface area contributed by atoms with Crippen LogP contribution in [-0.4, -0.2) is 53.8 Å². The maximum atomic E-state index is 12.5. The molecule has 2 aromatic heterocycles. The third kappa shape index (κ3) is 4.93. The first-order valence-corrected chi connectivity index (χ1v) is 10.0. The fourth-order valence-corrected chi connectivity index (χ4v) is 3.31. The average Bonchev–Trinajstić information content (AvgIpc) is 2.81. The number of phenolic OH excluding ortho intramolecular Hbond substituents is 1. The summed E-state index contributed by atoms with van der Waals surface area (Å²) < 4.78 is 5.38. The molecule has 30 heavy (non-hydrogen) atoms. The maximum Gasteiger partial charge on any atom is 0.269 e. The standard InChI is InChI=1S/C23H24N4O3/c28-19-7-4-17(5-8-19)10-11-24-23(29)21-3-1-2-20(26-21)18-6-9-22(25-16-18)27-12-14-30-15-13-27/h1-9,16,28H,10-15H2,(H,24,29). The lowest BCUT2D eigenvalue weighted by atomic mass is 10.1. The summed E-state index contributed by atoms with van der Waals surface area (Å²) in [5.41, 5.74) is 2.99. The van der Waals surface area contributed by atoms with E-state index in [-0.39, 0.29) is 11.7 Å². The molecule has 1 fully saturated rings. The first-order valence-electron chi connectivity index (χ1n) is 10.0. The number of aromatic hydroxyl groups is 1. The molecular formula is C23H24N4O3. The molecule has 0 radical (unpaired) electrons. The van der Waals surface area contributed by atoms with Gasteiger partial charge >= 0.3 is 0 Å². The number of benzene rings is 1. The van der Waals surface area contributed by atoms with E-state index in [1.54, 1.807) is 24.4 Å². The van der Waals surface area contributed by atoms with E-state index in [4.69, 9.17) is 4.74 Å². The lowest BCUT2D eigenvalue weighted by Gasteiger charge is -2.27. The summed E-state index contributed by atoms with van der Waals surface area (Å²) in [5.74, 6) is 0.940. The molecule has 0 saturated carbocycles. The van der Waals surface area contributed by atoms with E-state index in [1.165, 1.54) is 0 Å². The number of carbonyl (C=O) groups excluding carboxylic acids is 1. The van der Waals surface area contributed by atoms with Crippen molar-refractivity contribution in [1.29, 1.82) is 0 Å². The van der Waals surface area contributed by atoms with Crippen LogP contribution in [0.3, 0.4) is 0 Å². The van der Waals surface area contributed by atoms with E-state index >= 15 is 0 Å². The zero-order valence-corrected chi connectivity index (χ0v) is 16.6. The van der Waals surface area contributed by atoms with Crippen LogP contribution in [-0.2, 0) is 11.2 Å². The van der Waals surface area contributed by atoms with Gasteiger partial charge in [0.1, 0.15) is 17.3 Å². The number of ether oxygens (including phenoxy) is 1. The van der Waals surface area contributed by atoms with Crippen LogP contribution in [0, 0.1) is 0 Å². The van der Waals surface area contributed by atoms with Crippen molar-refractivity contribution in [2.24, 2.45) is 0 Å². The highest BCUT2D eigenvalue weighted by Gasteiger charge is 2.13. The summed E-state index contributed by atoms with van der Waals surface area (Å²) in [4.78, 5) is 23.7. The average molecular weight is 404 g/mol. The number of aromatic nitrogens is 2. The smallest absolute Gasteiger partial charge is 0.269 e. The molecule has 7 nitrogen and oxygen atoms in total. The van der Waals surface area contributed by atoms with Gasteiger partial charge in [-0.05, 0) is 48.4 Å². The molecule has 1 saturated heterocycles. The normalized spacial score (nSPS) is 13.8. The summed E-state index contributed by atoms with van der Waals surface area (Å²) in [6.45, 7) is 3.60. The van der Waals surface area contributed by atoms with Crippen molar-refractivity contribution in [1.82, 2.24) is 15.3 Å². The Morgan fingerprint density at radius 1 is 1.07 bits per heavy atom. The Morgan fingerprint density at radius 2 is 1.87 bits per heavy atom. The van der Waals surface area contributed by atoms with Crippen LogP contribution in [0.15, 0.2) is 60.8 Å². The molecule has 1 aliphatic rings. The van der Waals surface area contributed by atoms with Gasteiger partial charge in [-0.3, -0.25) is 4.79 Å². The van der Waals surface area contributed by atoms with Gasteiger partial charge in [-0.2, -0.15) is 0 Å². The highest BCUT2D eigenvalue weighted by atomic mass is 16.5. The molecule has 0 atom stereocenters. The molecule has 0 aliphatic carbocycles. The molecule has 0 spiro atoms. The molecule has 154 valence electrons. The molecule has 3 heterocycles.